The zero-order valence-corrected chi connectivity index (χ0v) is 17.3. The standard InChI is InChI=1S/C25H26N2OS/c28-25(24-22(17-3-4-17)10-9-21-14-26-15-27(21)24)19-6-1-16(2-7-19)20-8-5-18-11-12-29-23(18)13-20/h5,8-17,19,25,28H,1-4,6-7H2/t16-,19-,25-/m0/s1. The minimum absolute atomic E-state index is 0.335. The van der Waals surface area contributed by atoms with Crippen LogP contribution in [-0.4, -0.2) is 14.5 Å². The molecule has 4 heteroatoms. The lowest BCUT2D eigenvalue weighted by Gasteiger charge is -2.33. The Kier molecular flexibility index (Phi) is 4.24. The van der Waals surface area contributed by atoms with Crippen LogP contribution in [0, 0.1) is 5.92 Å². The molecule has 3 heterocycles. The Bertz CT molecular complexity index is 1160. The van der Waals surface area contributed by atoms with E-state index < -0.39 is 6.10 Å². The van der Waals surface area contributed by atoms with E-state index in [1.165, 1.54) is 34.1 Å². The van der Waals surface area contributed by atoms with Gasteiger partial charge in [0, 0.05) is 4.70 Å². The van der Waals surface area contributed by atoms with Crippen molar-refractivity contribution in [2.75, 3.05) is 0 Å². The van der Waals surface area contributed by atoms with Crippen LogP contribution in [0.25, 0.3) is 15.6 Å². The van der Waals surface area contributed by atoms with E-state index in [-0.39, 0.29) is 0 Å². The first-order valence-electron chi connectivity index (χ1n) is 10.9. The number of aliphatic hydroxyl groups excluding tert-OH is 1. The summed E-state index contributed by atoms with van der Waals surface area (Å²) in [4.78, 5) is 4.34. The molecule has 0 aliphatic heterocycles. The van der Waals surface area contributed by atoms with Gasteiger partial charge in [-0.05, 0) is 96.4 Å². The van der Waals surface area contributed by atoms with Gasteiger partial charge in [0.05, 0.1) is 29.8 Å². The molecule has 0 amide bonds. The SMILES string of the molecule is O[C@H](c1c(C2CC2)ccc2cncn12)[C@H]1CC[C@H](c2ccc3ccsc3c2)CC1. The highest BCUT2D eigenvalue weighted by Crippen LogP contribution is 2.47. The molecule has 1 atom stereocenters. The molecule has 6 rings (SSSR count). The van der Waals surface area contributed by atoms with E-state index in [0.29, 0.717) is 17.8 Å². The van der Waals surface area contributed by atoms with Crippen LogP contribution in [0.5, 0.6) is 0 Å². The lowest BCUT2D eigenvalue weighted by Crippen LogP contribution is -2.22. The molecule has 2 saturated carbocycles. The Labute approximate surface area is 175 Å². The van der Waals surface area contributed by atoms with Crippen molar-refractivity contribution in [3.8, 4) is 0 Å². The molecule has 1 aromatic carbocycles. The summed E-state index contributed by atoms with van der Waals surface area (Å²) in [6.45, 7) is 0. The molecule has 1 N–H and O–H groups in total. The smallest absolute Gasteiger partial charge is 0.0995 e. The van der Waals surface area contributed by atoms with Crippen LogP contribution in [0.1, 0.15) is 73.3 Å². The van der Waals surface area contributed by atoms with Crippen molar-refractivity contribution in [3.63, 3.8) is 0 Å². The molecular formula is C25H26N2OS. The van der Waals surface area contributed by atoms with Gasteiger partial charge >= 0.3 is 0 Å². The average Bonchev–Trinajstić information content (AvgIpc) is 3.30. The van der Waals surface area contributed by atoms with E-state index in [9.17, 15) is 5.11 Å². The summed E-state index contributed by atoms with van der Waals surface area (Å²) in [6, 6.07) is 13.5. The molecule has 4 aromatic rings. The fourth-order valence-electron chi connectivity index (χ4n) is 5.30. The molecule has 0 saturated heterocycles. The molecule has 2 aliphatic carbocycles. The normalized spacial score (nSPS) is 23.6. The van der Waals surface area contributed by atoms with Gasteiger partial charge in [-0.3, -0.25) is 0 Å². The van der Waals surface area contributed by atoms with Crippen molar-refractivity contribution in [2.45, 2.75) is 56.5 Å². The van der Waals surface area contributed by atoms with Gasteiger partial charge in [0.25, 0.3) is 0 Å². The fourth-order valence-corrected chi connectivity index (χ4v) is 6.14. The minimum Gasteiger partial charge on any atom is -0.387 e. The van der Waals surface area contributed by atoms with Crippen molar-refractivity contribution < 1.29 is 5.11 Å². The third-order valence-electron chi connectivity index (χ3n) is 7.12. The number of imidazole rings is 1. The van der Waals surface area contributed by atoms with Crippen LogP contribution >= 0.6 is 11.3 Å². The molecule has 2 fully saturated rings. The topological polar surface area (TPSA) is 37.5 Å². The van der Waals surface area contributed by atoms with Gasteiger partial charge in [-0.25, -0.2) is 4.98 Å². The number of pyridine rings is 1. The van der Waals surface area contributed by atoms with Gasteiger partial charge in [0.15, 0.2) is 0 Å². The summed E-state index contributed by atoms with van der Waals surface area (Å²) in [5.41, 5.74) is 5.00. The van der Waals surface area contributed by atoms with E-state index in [1.54, 1.807) is 0 Å². The molecule has 29 heavy (non-hydrogen) atoms. The Morgan fingerprint density at radius 3 is 2.62 bits per heavy atom. The number of nitrogens with zero attached hydrogens (tertiary/aromatic N) is 2. The predicted molar refractivity (Wildman–Crippen MR) is 119 cm³/mol. The van der Waals surface area contributed by atoms with Crippen molar-refractivity contribution in [2.24, 2.45) is 5.92 Å². The van der Waals surface area contributed by atoms with E-state index in [4.69, 9.17) is 0 Å². The second-order valence-electron chi connectivity index (χ2n) is 8.91. The first-order chi connectivity index (χ1) is 14.3. The van der Waals surface area contributed by atoms with Gasteiger partial charge < -0.3 is 9.51 Å². The van der Waals surface area contributed by atoms with Gasteiger partial charge in [0.1, 0.15) is 0 Å². The summed E-state index contributed by atoms with van der Waals surface area (Å²) in [7, 11) is 0. The number of benzene rings is 1. The number of rotatable bonds is 4. The molecule has 0 radical (unpaired) electrons. The number of hydrogen-bond donors (Lipinski definition) is 1. The average molecular weight is 403 g/mol. The van der Waals surface area contributed by atoms with Gasteiger partial charge in [-0.2, -0.15) is 0 Å². The summed E-state index contributed by atoms with van der Waals surface area (Å²) in [6.07, 6.45) is 10.4. The third-order valence-corrected chi connectivity index (χ3v) is 8.00. The molecule has 0 bridgehead atoms. The monoisotopic (exact) mass is 402 g/mol. The first-order valence-corrected chi connectivity index (χ1v) is 11.8. The van der Waals surface area contributed by atoms with E-state index in [0.717, 1.165) is 36.9 Å². The third kappa shape index (κ3) is 3.10. The number of aliphatic hydroxyl groups is 1. The van der Waals surface area contributed by atoms with E-state index in [1.807, 2.05) is 23.9 Å². The lowest BCUT2D eigenvalue weighted by atomic mass is 9.75. The fraction of sp³-hybridized carbons (Fsp3) is 0.400. The van der Waals surface area contributed by atoms with Gasteiger partial charge in [-0.15, -0.1) is 11.3 Å². The van der Waals surface area contributed by atoms with Crippen LogP contribution in [0.2, 0.25) is 0 Å². The molecule has 0 unspecified atom stereocenters. The minimum atomic E-state index is -0.399. The Balaban J connectivity index is 1.24. The highest BCUT2D eigenvalue weighted by molar-refractivity contribution is 7.17. The van der Waals surface area contributed by atoms with Crippen molar-refractivity contribution in [3.05, 3.63) is 71.1 Å². The zero-order valence-electron chi connectivity index (χ0n) is 16.5. The van der Waals surface area contributed by atoms with Crippen LogP contribution in [0.4, 0.5) is 0 Å². The second kappa shape index (κ2) is 6.96. The summed E-state index contributed by atoms with van der Waals surface area (Å²) in [5, 5.41) is 15.0. The van der Waals surface area contributed by atoms with Crippen LogP contribution in [-0.2, 0) is 0 Å². The van der Waals surface area contributed by atoms with Gasteiger partial charge in [-0.1, -0.05) is 18.2 Å². The molecule has 0 spiro atoms. The maximum absolute atomic E-state index is 11.4. The van der Waals surface area contributed by atoms with E-state index in [2.05, 4.69) is 51.2 Å². The highest BCUT2D eigenvalue weighted by Gasteiger charge is 2.34. The van der Waals surface area contributed by atoms with E-state index >= 15 is 0 Å². The summed E-state index contributed by atoms with van der Waals surface area (Å²) in [5.74, 6) is 1.58. The maximum atomic E-state index is 11.4. The van der Waals surface area contributed by atoms with Gasteiger partial charge in [0.2, 0.25) is 0 Å². The van der Waals surface area contributed by atoms with Crippen LogP contribution in [0.3, 0.4) is 0 Å². The molecule has 2 aliphatic rings. The van der Waals surface area contributed by atoms with Crippen LogP contribution in [0.15, 0.2) is 54.3 Å². The quantitative estimate of drug-likeness (QED) is 0.427. The number of fused-ring (bicyclic) bond motifs is 2. The lowest BCUT2D eigenvalue weighted by molar-refractivity contribution is 0.0754. The molecular weight excluding hydrogens is 376 g/mol. The first kappa shape index (κ1) is 17.7. The number of thiophene rings is 1. The summed E-state index contributed by atoms with van der Waals surface area (Å²) < 4.78 is 3.53. The summed E-state index contributed by atoms with van der Waals surface area (Å²) >= 11 is 1.83. The molecule has 148 valence electrons. The van der Waals surface area contributed by atoms with Crippen molar-refractivity contribution >= 4 is 26.9 Å². The van der Waals surface area contributed by atoms with Crippen LogP contribution < -0.4 is 0 Å². The Morgan fingerprint density at radius 2 is 1.79 bits per heavy atom. The predicted octanol–water partition coefficient (Wildman–Crippen LogP) is 6.43. The Morgan fingerprint density at radius 1 is 0.966 bits per heavy atom. The maximum Gasteiger partial charge on any atom is 0.0995 e. The number of hydrogen-bond acceptors (Lipinski definition) is 3. The second-order valence-corrected chi connectivity index (χ2v) is 9.86. The van der Waals surface area contributed by atoms with Crippen molar-refractivity contribution in [1.29, 1.82) is 0 Å². The molecule has 3 nitrogen and oxygen atoms in total. The largest absolute Gasteiger partial charge is 0.387 e. The Hall–Kier alpha value is -2.17. The van der Waals surface area contributed by atoms with Crippen molar-refractivity contribution in [1.82, 2.24) is 9.38 Å². The number of aromatic nitrogens is 2. The zero-order chi connectivity index (χ0) is 19.4. The highest BCUT2D eigenvalue weighted by atomic mass is 32.1. The molecule has 3 aromatic heterocycles.